The Bertz CT molecular complexity index is 906. The number of phenols is 1. The Balaban J connectivity index is 2.25. The number of nitrogens with zero attached hydrogens (tertiary/aromatic N) is 1. The third-order valence-electron chi connectivity index (χ3n) is 3.20. The topological polar surface area (TPSA) is 61.9 Å². The van der Waals surface area contributed by atoms with E-state index >= 15 is 0 Å². The van der Waals surface area contributed by atoms with Gasteiger partial charge in [-0.3, -0.25) is 0 Å². The van der Waals surface area contributed by atoms with Crippen LogP contribution in [0.15, 0.2) is 41.8 Å². The van der Waals surface area contributed by atoms with Crippen molar-refractivity contribution >= 4 is 33.1 Å². The van der Waals surface area contributed by atoms with Crippen LogP contribution in [-0.2, 0) is 0 Å². The normalized spacial score (nSPS) is 10.4. The van der Waals surface area contributed by atoms with E-state index in [0.717, 1.165) is 15.6 Å². The fourth-order valence-corrected chi connectivity index (χ4v) is 3.14. The second kappa shape index (κ2) is 4.93. The first kappa shape index (κ1) is 13.2. The van der Waals surface area contributed by atoms with Gasteiger partial charge in [0.2, 0.25) is 0 Å². The maximum atomic E-state index is 10.9. The Labute approximate surface area is 124 Å². The molecule has 3 rings (SSSR count). The quantitative estimate of drug-likeness (QED) is 0.683. The molecule has 0 atom stereocenters. The molecule has 4 nitrogen and oxygen atoms in total. The Kier molecular flexibility index (Phi) is 3.09. The molecular formula is C16H9NO3S. The summed E-state index contributed by atoms with van der Waals surface area (Å²) >= 11 is 1.54. The van der Waals surface area contributed by atoms with Crippen molar-refractivity contribution < 1.29 is 15.0 Å². The number of rotatable bonds is 2. The van der Waals surface area contributed by atoms with Crippen LogP contribution >= 0.6 is 11.3 Å². The predicted molar refractivity (Wildman–Crippen MR) is 82.1 cm³/mol. The summed E-state index contributed by atoms with van der Waals surface area (Å²) in [6.07, 6.45) is 0. The molecule has 102 valence electrons. The highest BCUT2D eigenvalue weighted by Gasteiger charge is 2.13. The van der Waals surface area contributed by atoms with Gasteiger partial charge in [0.05, 0.1) is 6.57 Å². The minimum Gasteiger partial charge on any atom is -0.507 e. The summed E-state index contributed by atoms with van der Waals surface area (Å²) in [7, 11) is 0. The van der Waals surface area contributed by atoms with E-state index in [2.05, 4.69) is 4.85 Å². The molecule has 2 aromatic carbocycles. The molecule has 0 amide bonds. The van der Waals surface area contributed by atoms with Crippen LogP contribution < -0.4 is 0 Å². The first-order valence-corrected chi connectivity index (χ1v) is 6.93. The second-order valence-electron chi connectivity index (χ2n) is 4.48. The highest BCUT2D eigenvalue weighted by atomic mass is 32.1. The number of carbonyl (C=O) groups is 1. The highest BCUT2D eigenvalue weighted by molar-refractivity contribution is 7.17. The number of fused-ring (bicyclic) bond motifs is 1. The van der Waals surface area contributed by atoms with E-state index in [1.807, 2.05) is 17.5 Å². The Morgan fingerprint density at radius 3 is 2.67 bits per heavy atom. The molecule has 0 aliphatic rings. The van der Waals surface area contributed by atoms with Gasteiger partial charge in [0.15, 0.2) is 5.69 Å². The summed E-state index contributed by atoms with van der Waals surface area (Å²) in [5.74, 6) is -1.45. The third kappa shape index (κ3) is 2.22. The van der Waals surface area contributed by atoms with Crippen molar-refractivity contribution in [2.45, 2.75) is 0 Å². The summed E-state index contributed by atoms with van der Waals surface area (Å²) in [6.45, 7) is 7.17. The summed E-state index contributed by atoms with van der Waals surface area (Å²) < 4.78 is 1.00. The summed E-state index contributed by atoms with van der Waals surface area (Å²) in [4.78, 5) is 14.4. The summed E-state index contributed by atoms with van der Waals surface area (Å²) in [5.41, 5.74) is 1.89. The Morgan fingerprint density at radius 2 is 2.00 bits per heavy atom. The molecule has 3 aromatic rings. The maximum absolute atomic E-state index is 10.9. The van der Waals surface area contributed by atoms with E-state index in [-0.39, 0.29) is 11.3 Å². The van der Waals surface area contributed by atoms with E-state index in [4.69, 9.17) is 11.7 Å². The van der Waals surface area contributed by atoms with Gasteiger partial charge in [-0.1, -0.05) is 6.07 Å². The van der Waals surface area contributed by atoms with Crippen molar-refractivity contribution in [3.63, 3.8) is 0 Å². The van der Waals surface area contributed by atoms with E-state index in [0.29, 0.717) is 11.3 Å². The lowest BCUT2D eigenvalue weighted by Gasteiger charge is -2.07. The molecule has 0 unspecified atom stereocenters. The molecule has 0 aliphatic heterocycles. The number of hydrogen-bond acceptors (Lipinski definition) is 3. The van der Waals surface area contributed by atoms with Crippen molar-refractivity contribution in [3.8, 4) is 16.9 Å². The number of carboxylic acids is 1. The Morgan fingerprint density at radius 1 is 1.19 bits per heavy atom. The highest BCUT2D eigenvalue weighted by Crippen LogP contribution is 2.38. The first-order valence-electron chi connectivity index (χ1n) is 6.05. The second-order valence-corrected chi connectivity index (χ2v) is 5.40. The maximum Gasteiger partial charge on any atom is 0.339 e. The molecule has 2 N–H and O–H groups in total. The number of thiophene rings is 1. The van der Waals surface area contributed by atoms with Gasteiger partial charge in [-0.25, -0.2) is 9.64 Å². The van der Waals surface area contributed by atoms with Crippen molar-refractivity contribution in [1.82, 2.24) is 0 Å². The smallest absolute Gasteiger partial charge is 0.339 e. The average molecular weight is 295 g/mol. The number of carboxylic acid groups (broad SMARTS) is 1. The molecule has 0 saturated heterocycles. The number of hydrogen-bond donors (Lipinski definition) is 2. The molecule has 0 fully saturated rings. The molecule has 0 spiro atoms. The summed E-state index contributed by atoms with van der Waals surface area (Å²) in [6, 6.07) is 9.94. The Hall–Kier alpha value is -2.84. The number of aromatic carboxylic acids is 1. The fraction of sp³-hybridized carbons (Fsp3) is 0. The molecule has 5 heteroatoms. The van der Waals surface area contributed by atoms with Crippen LogP contribution in [0.4, 0.5) is 5.69 Å². The van der Waals surface area contributed by atoms with Crippen molar-refractivity contribution in [2.24, 2.45) is 0 Å². The molecule has 0 saturated carbocycles. The minimum atomic E-state index is -1.17. The SMILES string of the molecule is [C-]#[N+]c1cc(-c2ccc(C(=O)O)c(O)c2)c2sccc2c1. The van der Waals surface area contributed by atoms with E-state index in [9.17, 15) is 9.90 Å². The van der Waals surface area contributed by atoms with Crippen LogP contribution in [0.5, 0.6) is 5.75 Å². The van der Waals surface area contributed by atoms with Crippen molar-refractivity contribution in [1.29, 1.82) is 0 Å². The van der Waals surface area contributed by atoms with Crippen LogP contribution in [0.1, 0.15) is 10.4 Å². The van der Waals surface area contributed by atoms with Gasteiger partial charge in [-0.2, -0.15) is 0 Å². The molecule has 0 aliphatic carbocycles. The van der Waals surface area contributed by atoms with Gasteiger partial charge in [0.1, 0.15) is 11.3 Å². The lowest BCUT2D eigenvalue weighted by atomic mass is 10.0. The fourth-order valence-electron chi connectivity index (χ4n) is 2.23. The monoisotopic (exact) mass is 295 g/mol. The predicted octanol–water partition coefficient (Wildman–Crippen LogP) is 4.52. The van der Waals surface area contributed by atoms with E-state index < -0.39 is 5.97 Å². The van der Waals surface area contributed by atoms with Gasteiger partial charge in [0.25, 0.3) is 0 Å². The van der Waals surface area contributed by atoms with Gasteiger partial charge in [0, 0.05) is 4.70 Å². The molecular weight excluding hydrogens is 286 g/mol. The zero-order chi connectivity index (χ0) is 15.0. The average Bonchev–Trinajstić information content (AvgIpc) is 2.93. The van der Waals surface area contributed by atoms with Crippen molar-refractivity contribution in [3.05, 3.63) is 58.8 Å². The molecule has 0 radical (unpaired) electrons. The van der Waals surface area contributed by atoms with Crippen LogP contribution in [0.2, 0.25) is 0 Å². The molecule has 21 heavy (non-hydrogen) atoms. The van der Waals surface area contributed by atoms with Gasteiger partial charge < -0.3 is 10.2 Å². The summed E-state index contributed by atoms with van der Waals surface area (Å²) in [5, 5.41) is 21.7. The molecule has 0 bridgehead atoms. The van der Waals surface area contributed by atoms with Crippen LogP contribution in [0.3, 0.4) is 0 Å². The zero-order valence-corrected chi connectivity index (χ0v) is 11.5. The van der Waals surface area contributed by atoms with Crippen LogP contribution in [0.25, 0.3) is 26.1 Å². The van der Waals surface area contributed by atoms with Crippen LogP contribution in [0, 0.1) is 6.57 Å². The van der Waals surface area contributed by atoms with Gasteiger partial charge in [-0.05, 0) is 52.2 Å². The molecule has 1 aromatic heterocycles. The van der Waals surface area contributed by atoms with Crippen molar-refractivity contribution in [2.75, 3.05) is 0 Å². The molecule has 1 heterocycles. The van der Waals surface area contributed by atoms with E-state index in [1.54, 1.807) is 23.5 Å². The largest absolute Gasteiger partial charge is 0.507 e. The van der Waals surface area contributed by atoms with Gasteiger partial charge in [-0.15, -0.1) is 11.3 Å². The minimum absolute atomic E-state index is 0.137. The van der Waals surface area contributed by atoms with Gasteiger partial charge >= 0.3 is 5.97 Å². The zero-order valence-electron chi connectivity index (χ0n) is 10.7. The van der Waals surface area contributed by atoms with E-state index in [1.165, 1.54) is 12.1 Å². The lowest BCUT2D eigenvalue weighted by molar-refractivity contribution is 0.0694. The number of benzene rings is 2. The third-order valence-corrected chi connectivity index (χ3v) is 4.17. The number of aromatic hydroxyl groups is 1. The lowest BCUT2D eigenvalue weighted by Crippen LogP contribution is -1.96. The van der Waals surface area contributed by atoms with Crippen LogP contribution in [-0.4, -0.2) is 16.2 Å². The standard InChI is InChI=1S/C16H9NO3S/c1-17-11-6-10-4-5-21-15(10)13(8-11)9-2-3-12(16(19)20)14(18)7-9/h2-8,18H,(H,19,20). The first-order chi connectivity index (χ1) is 10.1.